The highest BCUT2D eigenvalue weighted by molar-refractivity contribution is 8.23. The van der Waals surface area contributed by atoms with E-state index in [1.807, 2.05) is 0 Å². The molecule has 39 heavy (non-hydrogen) atoms. The monoisotopic (exact) mass is 556 g/mol. The molecule has 6 N–H and O–H groups in total. The van der Waals surface area contributed by atoms with Gasteiger partial charge in [-0.2, -0.15) is 18.3 Å². The number of alkyl halides is 3. The lowest BCUT2D eigenvalue weighted by Gasteiger charge is -2.29. The first-order valence-electron chi connectivity index (χ1n) is 11.4. The van der Waals surface area contributed by atoms with E-state index in [9.17, 15) is 27.1 Å². The van der Waals surface area contributed by atoms with Crippen LogP contribution in [-0.2, 0) is 12.7 Å². The van der Waals surface area contributed by atoms with Crippen molar-refractivity contribution < 1.29 is 31.6 Å². The summed E-state index contributed by atoms with van der Waals surface area (Å²) in [5, 5.41) is 10.2. The minimum atomic E-state index is -4.79. The molecule has 0 radical (unpaired) electrons. The Labute approximate surface area is 219 Å². The number of hydrogen-bond donors (Lipinski definition) is 5. The lowest BCUT2D eigenvalue weighted by molar-refractivity contribution is -0.141. The van der Waals surface area contributed by atoms with Crippen molar-refractivity contribution in [1.29, 1.82) is 0 Å². The van der Waals surface area contributed by atoms with Gasteiger partial charge < -0.3 is 15.6 Å². The van der Waals surface area contributed by atoms with Crippen LogP contribution in [0.3, 0.4) is 0 Å². The van der Waals surface area contributed by atoms with Gasteiger partial charge in [0.1, 0.15) is 5.69 Å². The van der Waals surface area contributed by atoms with Crippen LogP contribution >= 0.6 is 10.8 Å². The largest absolute Gasteiger partial charge is 0.435 e. The van der Waals surface area contributed by atoms with Gasteiger partial charge in [-0.05, 0) is 41.5 Å². The Morgan fingerprint density at radius 2 is 1.87 bits per heavy atom. The van der Waals surface area contributed by atoms with Gasteiger partial charge in [0.05, 0.1) is 16.0 Å². The number of rotatable bonds is 4. The van der Waals surface area contributed by atoms with Crippen LogP contribution < -0.4 is 15.8 Å². The summed E-state index contributed by atoms with van der Waals surface area (Å²) >= 11 is 0. The van der Waals surface area contributed by atoms with Crippen LogP contribution in [0.5, 0.6) is 0 Å². The highest BCUT2D eigenvalue weighted by Gasteiger charge is 2.36. The summed E-state index contributed by atoms with van der Waals surface area (Å²) in [6, 6.07) is 16.8. The zero-order valence-corrected chi connectivity index (χ0v) is 20.5. The van der Waals surface area contributed by atoms with Crippen molar-refractivity contribution in [2.24, 2.45) is 0 Å². The Bertz CT molecular complexity index is 1750. The predicted molar refractivity (Wildman–Crippen MR) is 138 cm³/mol. The fourth-order valence-electron chi connectivity index (χ4n) is 4.42. The van der Waals surface area contributed by atoms with Crippen LogP contribution in [0.25, 0.3) is 27.8 Å². The molecule has 5 aromatic rings. The maximum absolute atomic E-state index is 13.5. The normalized spacial score (nSPS) is 15.3. The predicted octanol–water partition coefficient (Wildman–Crippen LogP) is 5.66. The van der Waals surface area contributed by atoms with Gasteiger partial charge in [0.15, 0.2) is 17.1 Å². The molecule has 1 aliphatic rings. The average molecular weight is 557 g/mol. The van der Waals surface area contributed by atoms with Gasteiger partial charge in [-0.25, -0.2) is 9.40 Å². The maximum atomic E-state index is 13.5. The topological polar surface area (TPSA) is 151 Å². The molecule has 0 aliphatic carbocycles. The van der Waals surface area contributed by atoms with E-state index < -0.39 is 28.6 Å². The molecule has 0 atom stereocenters. The van der Waals surface area contributed by atoms with Gasteiger partial charge in [-0.3, -0.25) is 13.9 Å². The molecule has 0 saturated carbocycles. The number of nitrogens with one attached hydrogen (secondary N) is 2. The number of nitrogens with zero attached hydrogens (tertiary/aromatic N) is 3. The second kappa shape index (κ2) is 8.84. The fourth-order valence-corrected chi connectivity index (χ4v) is 5.92. The first-order valence-corrected chi connectivity index (χ1v) is 12.9. The molecular formula is C25H19F3N6O4S. The molecule has 6 rings (SSSR count). The standard InChI is InChI=1S/C25H19F3N6O4S/c26-25(27,28)21-11-19(34(32-21)16-8-9-20-18(10-16)23(29)33-38-20)24(35)31-15-6-4-13(5-7-15)17-3-1-2-14-12-30-39(36,37)22(14)17/h1-11,30,36-37H,12H2,(H2,29,33)(H,31,35). The van der Waals surface area contributed by atoms with Crippen LogP contribution in [0, 0.1) is 0 Å². The van der Waals surface area contributed by atoms with Gasteiger partial charge in [-0.1, -0.05) is 35.5 Å². The second-order valence-corrected chi connectivity index (χ2v) is 10.6. The summed E-state index contributed by atoms with van der Waals surface area (Å²) in [4.78, 5) is 13.6. The number of nitrogens with two attached hydrogens (primary N) is 1. The first kappa shape index (κ1) is 24.9. The zero-order valence-electron chi connectivity index (χ0n) is 19.7. The summed E-state index contributed by atoms with van der Waals surface area (Å²) in [6.45, 7) is 0.323. The Balaban J connectivity index is 1.32. The second-order valence-electron chi connectivity index (χ2n) is 8.77. The van der Waals surface area contributed by atoms with Crippen LogP contribution in [0.1, 0.15) is 21.7 Å². The summed E-state index contributed by atoms with van der Waals surface area (Å²) in [5.41, 5.74) is 7.00. The third-order valence-electron chi connectivity index (χ3n) is 6.26. The molecule has 3 aromatic carbocycles. The summed E-state index contributed by atoms with van der Waals surface area (Å²) < 4.78 is 70.0. The van der Waals surface area contributed by atoms with Crippen molar-refractivity contribution in [3.8, 4) is 16.8 Å². The van der Waals surface area contributed by atoms with Gasteiger partial charge >= 0.3 is 6.18 Å². The summed E-state index contributed by atoms with van der Waals surface area (Å²) in [5.74, 6) is -0.787. The molecule has 2 aromatic heterocycles. The SMILES string of the molecule is Nc1noc2ccc(-n3nc(C(F)(F)F)cc3C(=O)Nc3ccc(-c4cccc5c4S(O)(O)NC5)cc3)cc12. The molecule has 0 spiro atoms. The Kier molecular flexibility index (Phi) is 5.65. The minimum Gasteiger partial charge on any atom is -0.380 e. The molecule has 200 valence electrons. The van der Waals surface area contributed by atoms with Crippen molar-refractivity contribution in [3.63, 3.8) is 0 Å². The minimum absolute atomic E-state index is 0.0437. The zero-order chi connectivity index (χ0) is 27.5. The van der Waals surface area contributed by atoms with E-state index in [4.69, 9.17) is 10.3 Å². The number of nitrogen functional groups attached to an aromatic ring is 1. The van der Waals surface area contributed by atoms with Crippen molar-refractivity contribution in [1.82, 2.24) is 19.7 Å². The van der Waals surface area contributed by atoms with Crippen LogP contribution in [0.2, 0.25) is 0 Å². The summed E-state index contributed by atoms with van der Waals surface area (Å²) in [6.07, 6.45) is -4.79. The van der Waals surface area contributed by atoms with E-state index in [-0.39, 0.29) is 17.2 Å². The number of aromatic nitrogens is 3. The quantitative estimate of drug-likeness (QED) is 0.190. The number of amides is 1. The molecule has 14 heteroatoms. The molecule has 1 amide bonds. The smallest absolute Gasteiger partial charge is 0.380 e. The van der Waals surface area contributed by atoms with E-state index >= 15 is 0 Å². The van der Waals surface area contributed by atoms with E-state index in [0.29, 0.717) is 45.3 Å². The number of halogens is 3. The molecule has 1 aliphatic heterocycles. The van der Waals surface area contributed by atoms with E-state index in [2.05, 4.69) is 20.3 Å². The van der Waals surface area contributed by atoms with Crippen molar-refractivity contribution in [2.45, 2.75) is 17.6 Å². The fraction of sp³-hybridized carbons (Fsp3) is 0.0800. The van der Waals surface area contributed by atoms with Crippen LogP contribution in [0.4, 0.5) is 24.7 Å². The molecule has 3 heterocycles. The number of hydrogen-bond acceptors (Lipinski definition) is 8. The number of carbonyl (C=O) groups excluding carboxylic acids is 1. The number of fused-ring (bicyclic) bond motifs is 2. The van der Waals surface area contributed by atoms with Crippen molar-refractivity contribution in [3.05, 3.63) is 83.7 Å². The van der Waals surface area contributed by atoms with E-state index in [1.165, 1.54) is 18.2 Å². The van der Waals surface area contributed by atoms with Crippen LogP contribution in [0.15, 0.2) is 76.1 Å². The first-order chi connectivity index (χ1) is 18.5. The maximum Gasteiger partial charge on any atom is 0.435 e. The van der Waals surface area contributed by atoms with E-state index in [1.54, 1.807) is 42.5 Å². The Hall–Kier alpha value is -4.37. The number of carbonyl (C=O) groups is 1. The lowest BCUT2D eigenvalue weighted by atomic mass is 10.0. The third kappa shape index (κ3) is 4.38. The van der Waals surface area contributed by atoms with Gasteiger partial charge in [0, 0.05) is 23.9 Å². The van der Waals surface area contributed by atoms with E-state index in [0.717, 1.165) is 10.2 Å². The average Bonchev–Trinajstić information content (AvgIpc) is 3.60. The third-order valence-corrected chi connectivity index (χ3v) is 7.86. The molecule has 10 nitrogen and oxygen atoms in total. The van der Waals surface area contributed by atoms with Crippen LogP contribution in [-0.4, -0.2) is 29.9 Å². The molecule has 0 bridgehead atoms. The number of benzene rings is 3. The Morgan fingerprint density at radius 3 is 2.62 bits per heavy atom. The van der Waals surface area contributed by atoms with Crippen molar-refractivity contribution in [2.75, 3.05) is 11.1 Å². The molecule has 0 saturated heterocycles. The number of anilines is 2. The molecule has 0 fully saturated rings. The molecule has 0 unspecified atom stereocenters. The van der Waals surface area contributed by atoms with Gasteiger partial charge in [-0.15, -0.1) is 10.8 Å². The molecular weight excluding hydrogens is 537 g/mol. The Morgan fingerprint density at radius 1 is 1.10 bits per heavy atom. The highest BCUT2D eigenvalue weighted by Crippen LogP contribution is 2.54. The summed E-state index contributed by atoms with van der Waals surface area (Å²) in [7, 11) is -3.14. The van der Waals surface area contributed by atoms with Gasteiger partial charge in [0.2, 0.25) is 0 Å². The lowest BCUT2D eigenvalue weighted by Crippen LogP contribution is -2.17. The highest BCUT2D eigenvalue weighted by atomic mass is 32.3. The van der Waals surface area contributed by atoms with Gasteiger partial charge in [0.25, 0.3) is 5.91 Å². The van der Waals surface area contributed by atoms with Crippen molar-refractivity contribution >= 4 is 39.2 Å².